The van der Waals surface area contributed by atoms with E-state index in [4.69, 9.17) is 0 Å². The van der Waals surface area contributed by atoms with E-state index < -0.39 is 11.9 Å². The van der Waals surface area contributed by atoms with Crippen molar-refractivity contribution < 1.29 is 14.3 Å². The van der Waals surface area contributed by atoms with Gasteiger partial charge in [-0.3, -0.25) is 14.6 Å². The van der Waals surface area contributed by atoms with Crippen LogP contribution in [-0.4, -0.2) is 38.2 Å². The Morgan fingerprint density at radius 3 is 2.75 bits per heavy atom. The number of carbonyl (C=O) groups is 2. The summed E-state index contributed by atoms with van der Waals surface area (Å²) in [6.07, 6.45) is 1.47. The lowest BCUT2D eigenvalue weighted by Gasteiger charge is -2.08. The summed E-state index contributed by atoms with van der Waals surface area (Å²) in [5.74, 6) is -1.55. The van der Waals surface area contributed by atoms with Gasteiger partial charge in [0.15, 0.2) is 0 Å². The average Bonchev–Trinajstić information content (AvgIpc) is 2.88. The van der Waals surface area contributed by atoms with Crippen LogP contribution in [0.1, 0.15) is 31.7 Å². The number of rotatable bonds is 5. The molecule has 0 fully saturated rings. The Kier molecular flexibility index (Phi) is 5.46. The lowest BCUT2D eigenvalue weighted by molar-refractivity contribution is -0.152. The van der Waals surface area contributed by atoms with Crippen LogP contribution in [-0.2, 0) is 20.7 Å². The third-order valence-corrected chi connectivity index (χ3v) is 3.02. The van der Waals surface area contributed by atoms with E-state index in [1.54, 1.807) is 19.9 Å². The Bertz CT molecular complexity index is 808. The van der Waals surface area contributed by atoms with Crippen molar-refractivity contribution >= 4 is 17.7 Å². The van der Waals surface area contributed by atoms with Crippen LogP contribution in [0.4, 0.5) is 5.82 Å². The maximum absolute atomic E-state index is 11.8. The van der Waals surface area contributed by atoms with Gasteiger partial charge in [0.1, 0.15) is 5.82 Å². The number of esters is 1. The maximum Gasteiger partial charge on any atom is 0.397 e. The molecule has 0 aliphatic carbocycles. The molecule has 0 bridgehead atoms. The van der Waals surface area contributed by atoms with E-state index in [0.717, 1.165) is 6.42 Å². The molecule has 2 aromatic rings. The highest BCUT2D eigenvalue weighted by Gasteiger charge is 2.19. The van der Waals surface area contributed by atoms with Gasteiger partial charge in [0.05, 0.1) is 12.3 Å². The maximum atomic E-state index is 11.8. The second-order valence-electron chi connectivity index (χ2n) is 5.07. The quantitative estimate of drug-likeness (QED) is 0.614. The summed E-state index contributed by atoms with van der Waals surface area (Å²) < 4.78 is 5.92. The number of aryl methyl sites for hydroxylation is 2. The molecule has 1 amide bonds. The molecule has 24 heavy (non-hydrogen) atoms. The molecular formula is C15H19N5O4. The predicted molar refractivity (Wildman–Crippen MR) is 86.0 cm³/mol. The van der Waals surface area contributed by atoms with E-state index in [2.05, 4.69) is 25.1 Å². The fourth-order valence-corrected chi connectivity index (χ4v) is 2.09. The predicted octanol–water partition coefficient (Wildman–Crippen LogP) is 0.718. The van der Waals surface area contributed by atoms with Gasteiger partial charge in [-0.15, -0.1) is 0 Å². The van der Waals surface area contributed by atoms with E-state index in [9.17, 15) is 14.4 Å². The molecule has 0 saturated heterocycles. The Morgan fingerprint density at radius 2 is 2.08 bits per heavy atom. The number of anilines is 1. The summed E-state index contributed by atoms with van der Waals surface area (Å²) in [7, 11) is 0. The molecule has 0 aromatic carbocycles. The van der Waals surface area contributed by atoms with Crippen molar-refractivity contribution in [3.63, 3.8) is 0 Å². The van der Waals surface area contributed by atoms with Gasteiger partial charge in [-0.05, 0) is 20.3 Å². The molecular weight excluding hydrogens is 314 g/mol. The molecule has 0 unspecified atom stereocenters. The van der Waals surface area contributed by atoms with Crippen molar-refractivity contribution in [1.29, 1.82) is 0 Å². The van der Waals surface area contributed by atoms with Gasteiger partial charge in [-0.25, -0.2) is 9.78 Å². The molecule has 0 atom stereocenters. The first kappa shape index (κ1) is 17.4. The van der Waals surface area contributed by atoms with Gasteiger partial charge < -0.3 is 10.1 Å². The summed E-state index contributed by atoms with van der Waals surface area (Å²) in [6.45, 7) is 5.39. The molecule has 0 aliphatic heterocycles. The minimum Gasteiger partial charge on any atom is -0.459 e. The minimum atomic E-state index is -0.996. The number of hydrogen-bond donors (Lipinski definition) is 2. The lowest BCUT2D eigenvalue weighted by atomic mass is 10.2. The van der Waals surface area contributed by atoms with Crippen LogP contribution in [0.25, 0.3) is 5.95 Å². The highest BCUT2D eigenvalue weighted by Crippen LogP contribution is 2.14. The smallest absolute Gasteiger partial charge is 0.397 e. The number of hydrogen-bond acceptors (Lipinski definition) is 6. The van der Waals surface area contributed by atoms with Crippen molar-refractivity contribution in [3.8, 4) is 5.95 Å². The van der Waals surface area contributed by atoms with Crippen LogP contribution in [0.2, 0.25) is 0 Å². The topological polar surface area (TPSA) is 119 Å². The van der Waals surface area contributed by atoms with Gasteiger partial charge >= 0.3 is 11.9 Å². The van der Waals surface area contributed by atoms with E-state index in [-0.39, 0.29) is 23.9 Å². The molecule has 0 aliphatic rings. The molecule has 128 valence electrons. The highest BCUT2D eigenvalue weighted by molar-refractivity contribution is 6.37. The summed E-state index contributed by atoms with van der Waals surface area (Å²) in [5, 5.41) is 6.61. The molecule has 2 N–H and O–H groups in total. The van der Waals surface area contributed by atoms with Gasteiger partial charge in [0.25, 0.3) is 5.56 Å². The second-order valence-corrected chi connectivity index (χ2v) is 5.07. The van der Waals surface area contributed by atoms with Crippen LogP contribution >= 0.6 is 0 Å². The fraction of sp³-hybridized carbons (Fsp3) is 0.400. The Balaban J connectivity index is 2.37. The van der Waals surface area contributed by atoms with Crippen molar-refractivity contribution in [1.82, 2.24) is 19.7 Å². The summed E-state index contributed by atoms with van der Waals surface area (Å²) in [4.78, 5) is 42.0. The molecule has 0 radical (unpaired) electrons. The lowest BCUT2D eigenvalue weighted by Crippen LogP contribution is -2.26. The minimum absolute atomic E-state index is 0.0957. The van der Waals surface area contributed by atoms with E-state index >= 15 is 0 Å². The standard InChI is InChI=1S/C15H19N5O4/c1-4-6-10-8-12(21)18-15(16-10)20-11(7-9(3)19-20)17-13(22)14(23)24-5-2/h7-8H,4-6H2,1-3H3,(H,17,22)(H,16,18,21). The highest BCUT2D eigenvalue weighted by atomic mass is 16.5. The van der Waals surface area contributed by atoms with E-state index in [1.165, 1.54) is 10.7 Å². The molecule has 9 nitrogen and oxygen atoms in total. The van der Waals surface area contributed by atoms with Crippen LogP contribution in [0.15, 0.2) is 16.9 Å². The normalized spacial score (nSPS) is 10.5. The SMILES string of the molecule is CCCc1cc(=O)[nH]c(-n2nc(C)cc2NC(=O)C(=O)OCC)n1. The number of amides is 1. The molecule has 0 saturated carbocycles. The number of aromatic nitrogens is 4. The number of ether oxygens (including phenoxy) is 1. The number of H-pyrrole nitrogens is 1. The van der Waals surface area contributed by atoms with Crippen LogP contribution < -0.4 is 10.9 Å². The Hall–Kier alpha value is -2.97. The van der Waals surface area contributed by atoms with Gasteiger partial charge in [0, 0.05) is 17.8 Å². The largest absolute Gasteiger partial charge is 0.459 e. The number of aromatic amines is 1. The summed E-state index contributed by atoms with van der Waals surface area (Å²) >= 11 is 0. The monoisotopic (exact) mass is 333 g/mol. The van der Waals surface area contributed by atoms with Gasteiger partial charge in [0.2, 0.25) is 5.95 Å². The van der Waals surface area contributed by atoms with Gasteiger partial charge in [-0.2, -0.15) is 9.78 Å². The van der Waals surface area contributed by atoms with Crippen LogP contribution in [0.3, 0.4) is 0 Å². The summed E-state index contributed by atoms with van der Waals surface area (Å²) in [5.41, 5.74) is 0.879. The summed E-state index contributed by atoms with van der Waals surface area (Å²) in [6, 6.07) is 2.98. The molecule has 2 rings (SSSR count). The number of nitrogens with one attached hydrogen (secondary N) is 2. The van der Waals surface area contributed by atoms with E-state index in [0.29, 0.717) is 17.8 Å². The van der Waals surface area contributed by atoms with Crippen molar-refractivity contribution in [2.75, 3.05) is 11.9 Å². The van der Waals surface area contributed by atoms with Crippen molar-refractivity contribution in [3.05, 3.63) is 33.9 Å². The zero-order chi connectivity index (χ0) is 17.7. The van der Waals surface area contributed by atoms with E-state index in [1.807, 2.05) is 6.92 Å². The van der Waals surface area contributed by atoms with Crippen molar-refractivity contribution in [2.24, 2.45) is 0 Å². The van der Waals surface area contributed by atoms with Crippen LogP contribution in [0.5, 0.6) is 0 Å². The number of carbonyl (C=O) groups excluding carboxylic acids is 2. The number of nitrogens with zero attached hydrogens (tertiary/aromatic N) is 3. The fourth-order valence-electron chi connectivity index (χ4n) is 2.09. The first-order chi connectivity index (χ1) is 11.4. The Labute approximate surface area is 138 Å². The molecule has 2 aromatic heterocycles. The average molecular weight is 333 g/mol. The van der Waals surface area contributed by atoms with Crippen LogP contribution in [0, 0.1) is 6.92 Å². The first-order valence-corrected chi connectivity index (χ1v) is 7.60. The first-order valence-electron chi connectivity index (χ1n) is 7.60. The molecule has 0 spiro atoms. The van der Waals surface area contributed by atoms with Gasteiger partial charge in [-0.1, -0.05) is 13.3 Å². The third-order valence-electron chi connectivity index (χ3n) is 3.02. The second kappa shape index (κ2) is 7.53. The van der Waals surface area contributed by atoms with Crippen molar-refractivity contribution in [2.45, 2.75) is 33.6 Å². The third kappa shape index (κ3) is 4.06. The molecule has 2 heterocycles. The zero-order valence-corrected chi connectivity index (χ0v) is 13.8. The zero-order valence-electron chi connectivity index (χ0n) is 13.8. The Morgan fingerprint density at radius 1 is 1.33 bits per heavy atom. The molecule has 9 heteroatoms.